The molecule has 0 amide bonds. The van der Waals surface area contributed by atoms with Gasteiger partial charge in [0.05, 0.1) is 11.0 Å². The van der Waals surface area contributed by atoms with Gasteiger partial charge in [-0.25, -0.2) is 8.42 Å². The van der Waals surface area contributed by atoms with Crippen molar-refractivity contribution in [2.45, 2.75) is 37.4 Å². The van der Waals surface area contributed by atoms with Gasteiger partial charge in [0.2, 0.25) is 0 Å². The van der Waals surface area contributed by atoms with E-state index in [1.165, 1.54) is 0 Å². The number of nitrogens with two attached hydrogens (primary N) is 1. The Balaban J connectivity index is 2.00. The van der Waals surface area contributed by atoms with E-state index in [0.717, 1.165) is 32.1 Å². The molecule has 0 aromatic heterocycles. The van der Waals surface area contributed by atoms with Crippen LogP contribution in [0.3, 0.4) is 0 Å². The van der Waals surface area contributed by atoms with E-state index in [-0.39, 0.29) is 10.7 Å². The van der Waals surface area contributed by atoms with Gasteiger partial charge in [0.15, 0.2) is 9.84 Å². The van der Waals surface area contributed by atoms with Crippen LogP contribution in [-0.4, -0.2) is 26.0 Å². The molecule has 2 saturated carbocycles. The van der Waals surface area contributed by atoms with Gasteiger partial charge in [-0.05, 0) is 37.6 Å². The molecule has 0 saturated heterocycles. The zero-order valence-electron chi connectivity index (χ0n) is 7.83. The second-order valence-corrected chi connectivity index (χ2v) is 6.85. The van der Waals surface area contributed by atoms with Crippen LogP contribution in [-0.2, 0) is 9.84 Å². The smallest absolute Gasteiger partial charge is 0.153 e. The van der Waals surface area contributed by atoms with Crippen LogP contribution in [0.4, 0.5) is 0 Å². The molecule has 0 spiro atoms. The molecule has 4 heteroatoms. The molecule has 0 radical (unpaired) electrons. The van der Waals surface area contributed by atoms with E-state index in [2.05, 4.69) is 0 Å². The van der Waals surface area contributed by atoms with Crippen LogP contribution in [0.15, 0.2) is 0 Å². The van der Waals surface area contributed by atoms with Crippen LogP contribution in [0, 0.1) is 5.41 Å². The van der Waals surface area contributed by atoms with E-state index in [1.54, 1.807) is 0 Å². The zero-order chi connectivity index (χ0) is 9.53. The SMILES string of the molecule is NCC1(CS(=O)(=O)C2CCC2)CC1. The molecule has 0 unspecified atom stereocenters. The highest BCUT2D eigenvalue weighted by Gasteiger charge is 2.47. The van der Waals surface area contributed by atoms with Crippen molar-refractivity contribution in [2.24, 2.45) is 11.1 Å². The third kappa shape index (κ3) is 1.74. The summed E-state index contributed by atoms with van der Waals surface area (Å²) in [6.45, 7) is 0.541. The van der Waals surface area contributed by atoms with Gasteiger partial charge in [0.1, 0.15) is 0 Å². The molecular weight excluding hydrogens is 186 g/mol. The van der Waals surface area contributed by atoms with Crippen molar-refractivity contribution in [1.29, 1.82) is 0 Å². The summed E-state index contributed by atoms with van der Waals surface area (Å²) in [5.74, 6) is 0.348. The minimum Gasteiger partial charge on any atom is -0.330 e. The lowest BCUT2D eigenvalue weighted by Crippen LogP contribution is -2.35. The van der Waals surface area contributed by atoms with Crippen molar-refractivity contribution in [3.8, 4) is 0 Å². The van der Waals surface area contributed by atoms with E-state index in [4.69, 9.17) is 5.73 Å². The number of sulfone groups is 1. The fourth-order valence-corrected chi connectivity index (χ4v) is 4.41. The molecule has 0 aliphatic heterocycles. The fraction of sp³-hybridized carbons (Fsp3) is 1.00. The van der Waals surface area contributed by atoms with Crippen molar-refractivity contribution in [2.75, 3.05) is 12.3 Å². The normalized spacial score (nSPS) is 26.8. The van der Waals surface area contributed by atoms with Crippen molar-refractivity contribution < 1.29 is 8.42 Å². The standard InChI is InChI=1S/C9H17NO2S/c10-6-9(4-5-9)7-13(11,12)8-2-1-3-8/h8H,1-7,10H2. The van der Waals surface area contributed by atoms with Gasteiger partial charge >= 0.3 is 0 Å². The summed E-state index contributed by atoms with van der Waals surface area (Å²) in [4.78, 5) is 0. The molecular formula is C9H17NO2S. The quantitative estimate of drug-likeness (QED) is 0.731. The van der Waals surface area contributed by atoms with Gasteiger partial charge in [-0.3, -0.25) is 0 Å². The van der Waals surface area contributed by atoms with Crippen LogP contribution in [0.25, 0.3) is 0 Å². The van der Waals surface area contributed by atoms with E-state index in [9.17, 15) is 8.42 Å². The van der Waals surface area contributed by atoms with Gasteiger partial charge < -0.3 is 5.73 Å². The molecule has 76 valence electrons. The van der Waals surface area contributed by atoms with E-state index < -0.39 is 9.84 Å². The Hall–Kier alpha value is -0.0900. The van der Waals surface area contributed by atoms with Crippen LogP contribution in [0.2, 0.25) is 0 Å². The number of hydrogen-bond donors (Lipinski definition) is 1. The second kappa shape index (κ2) is 2.95. The summed E-state index contributed by atoms with van der Waals surface area (Å²) in [7, 11) is -2.81. The third-order valence-corrected chi connectivity index (χ3v) is 5.96. The predicted molar refractivity (Wildman–Crippen MR) is 52.1 cm³/mol. The average Bonchev–Trinajstić information content (AvgIpc) is 2.63. The maximum atomic E-state index is 11.8. The predicted octanol–water partition coefficient (Wildman–Crippen LogP) is 0.693. The molecule has 2 aliphatic rings. The molecule has 0 heterocycles. The van der Waals surface area contributed by atoms with Crippen molar-refractivity contribution in [3.05, 3.63) is 0 Å². The Bertz CT molecular complexity index is 289. The summed E-state index contributed by atoms with van der Waals surface area (Å²) in [5, 5.41) is -0.0310. The molecule has 3 nitrogen and oxygen atoms in total. The number of hydrogen-bond acceptors (Lipinski definition) is 3. The van der Waals surface area contributed by atoms with Crippen LogP contribution in [0.1, 0.15) is 32.1 Å². The summed E-state index contributed by atoms with van der Waals surface area (Å²) in [6, 6.07) is 0. The zero-order valence-corrected chi connectivity index (χ0v) is 8.65. The van der Waals surface area contributed by atoms with Crippen LogP contribution in [0.5, 0.6) is 0 Å². The van der Waals surface area contributed by atoms with Crippen LogP contribution < -0.4 is 5.73 Å². The first kappa shape index (κ1) is 9.46. The van der Waals surface area contributed by atoms with Gasteiger partial charge in [0.25, 0.3) is 0 Å². The lowest BCUT2D eigenvalue weighted by Gasteiger charge is -2.27. The maximum Gasteiger partial charge on any atom is 0.153 e. The Morgan fingerprint density at radius 1 is 1.31 bits per heavy atom. The fourth-order valence-electron chi connectivity index (χ4n) is 1.86. The summed E-state index contributed by atoms with van der Waals surface area (Å²) in [5.41, 5.74) is 5.55. The molecule has 2 N–H and O–H groups in total. The topological polar surface area (TPSA) is 60.2 Å². The maximum absolute atomic E-state index is 11.8. The average molecular weight is 203 g/mol. The highest BCUT2D eigenvalue weighted by atomic mass is 32.2. The summed E-state index contributed by atoms with van der Waals surface area (Å²) >= 11 is 0. The Morgan fingerprint density at radius 3 is 2.23 bits per heavy atom. The second-order valence-electron chi connectivity index (χ2n) is 4.56. The highest BCUT2D eigenvalue weighted by Crippen LogP contribution is 2.47. The Morgan fingerprint density at radius 2 is 1.92 bits per heavy atom. The third-order valence-electron chi connectivity index (χ3n) is 3.46. The molecule has 2 rings (SSSR count). The largest absolute Gasteiger partial charge is 0.330 e. The summed E-state index contributed by atoms with van der Waals surface area (Å²) < 4.78 is 23.5. The highest BCUT2D eigenvalue weighted by molar-refractivity contribution is 7.92. The molecule has 0 atom stereocenters. The molecule has 2 fully saturated rings. The van der Waals surface area contributed by atoms with E-state index in [1.807, 2.05) is 0 Å². The molecule has 13 heavy (non-hydrogen) atoms. The minimum atomic E-state index is -2.81. The Kier molecular flexibility index (Phi) is 2.15. The first-order valence-electron chi connectivity index (χ1n) is 5.00. The van der Waals surface area contributed by atoms with Crippen molar-refractivity contribution in [3.63, 3.8) is 0 Å². The minimum absolute atomic E-state index is 0.0194. The van der Waals surface area contributed by atoms with Crippen LogP contribution >= 0.6 is 0 Å². The Labute approximate surface area is 79.6 Å². The van der Waals surface area contributed by atoms with Crippen molar-refractivity contribution in [1.82, 2.24) is 0 Å². The molecule has 0 bridgehead atoms. The molecule has 0 aromatic rings. The van der Waals surface area contributed by atoms with E-state index >= 15 is 0 Å². The molecule has 0 aromatic carbocycles. The van der Waals surface area contributed by atoms with Crippen molar-refractivity contribution >= 4 is 9.84 Å². The van der Waals surface area contributed by atoms with Gasteiger partial charge in [-0.15, -0.1) is 0 Å². The van der Waals surface area contributed by atoms with Gasteiger partial charge in [0, 0.05) is 0 Å². The van der Waals surface area contributed by atoms with Gasteiger partial charge in [-0.2, -0.15) is 0 Å². The first-order chi connectivity index (χ1) is 6.08. The monoisotopic (exact) mass is 203 g/mol. The molecule has 2 aliphatic carbocycles. The van der Waals surface area contributed by atoms with E-state index in [0.29, 0.717) is 12.3 Å². The lowest BCUT2D eigenvalue weighted by atomic mass is 10.00. The lowest BCUT2D eigenvalue weighted by molar-refractivity contribution is 0.465. The van der Waals surface area contributed by atoms with Gasteiger partial charge in [-0.1, -0.05) is 6.42 Å². The first-order valence-corrected chi connectivity index (χ1v) is 6.71. The number of rotatable bonds is 4. The summed E-state index contributed by atoms with van der Waals surface area (Å²) in [6.07, 6.45) is 4.86.